The summed E-state index contributed by atoms with van der Waals surface area (Å²) in [4.78, 5) is 0. The summed E-state index contributed by atoms with van der Waals surface area (Å²) in [7, 11) is -3.66. The quantitative estimate of drug-likeness (QED) is 0.934. The molecular weight excluding hydrogens is 321 g/mol. The Morgan fingerprint density at radius 2 is 1.70 bits per heavy atom. The van der Waals surface area contributed by atoms with E-state index in [0.717, 1.165) is 5.41 Å². The summed E-state index contributed by atoms with van der Waals surface area (Å²) in [6.07, 6.45) is 1.45. The standard InChI is InChI=1S/C12H9Cl2N3O2S/c13-10-3-1-9(2-4-10)7-8-20(18,19)17-12-6-5-11(14)15-16-12/h1-8H,(H,16,17)/b8-7+. The van der Waals surface area contributed by atoms with Crippen LogP contribution in [0, 0.1) is 0 Å². The molecule has 1 aromatic carbocycles. The Morgan fingerprint density at radius 1 is 1.00 bits per heavy atom. The fourth-order valence-electron chi connectivity index (χ4n) is 1.29. The van der Waals surface area contributed by atoms with Crippen LogP contribution in [0.4, 0.5) is 5.82 Å². The van der Waals surface area contributed by atoms with Gasteiger partial charge in [0.25, 0.3) is 10.0 Å². The first-order valence-electron chi connectivity index (χ1n) is 5.40. The monoisotopic (exact) mass is 329 g/mol. The number of nitrogens with one attached hydrogen (secondary N) is 1. The largest absolute Gasteiger partial charge is 0.262 e. The third-order valence-electron chi connectivity index (χ3n) is 2.19. The molecule has 0 unspecified atom stereocenters. The maximum atomic E-state index is 11.8. The average Bonchev–Trinajstić information content (AvgIpc) is 2.41. The number of sulfonamides is 1. The lowest BCUT2D eigenvalue weighted by Gasteiger charge is -2.02. The van der Waals surface area contributed by atoms with Crippen LogP contribution in [0.2, 0.25) is 10.2 Å². The highest BCUT2D eigenvalue weighted by Crippen LogP contribution is 2.12. The smallest absolute Gasteiger partial charge is 0.256 e. The molecule has 0 fully saturated rings. The van der Waals surface area contributed by atoms with Gasteiger partial charge in [0.15, 0.2) is 11.0 Å². The summed E-state index contributed by atoms with van der Waals surface area (Å²) in [5.41, 5.74) is 0.710. The van der Waals surface area contributed by atoms with Crippen molar-refractivity contribution < 1.29 is 8.42 Å². The molecule has 0 atom stereocenters. The summed E-state index contributed by atoms with van der Waals surface area (Å²) < 4.78 is 25.9. The lowest BCUT2D eigenvalue weighted by Crippen LogP contribution is -2.10. The first-order valence-corrected chi connectivity index (χ1v) is 7.70. The Labute approximate surface area is 126 Å². The zero-order chi connectivity index (χ0) is 14.6. The molecule has 0 radical (unpaired) electrons. The van der Waals surface area contributed by atoms with Crippen LogP contribution in [0.25, 0.3) is 6.08 Å². The molecule has 1 N–H and O–H groups in total. The second kappa shape index (κ2) is 6.21. The summed E-state index contributed by atoms with van der Waals surface area (Å²) in [5, 5.41) is 8.95. The molecule has 5 nitrogen and oxygen atoms in total. The SMILES string of the molecule is O=S(=O)(/C=C/c1ccc(Cl)cc1)Nc1ccc(Cl)nn1. The van der Waals surface area contributed by atoms with Crippen LogP contribution in [0.15, 0.2) is 41.8 Å². The minimum Gasteiger partial charge on any atom is -0.262 e. The van der Waals surface area contributed by atoms with E-state index in [2.05, 4.69) is 14.9 Å². The second-order valence-electron chi connectivity index (χ2n) is 3.74. The van der Waals surface area contributed by atoms with Gasteiger partial charge in [-0.05, 0) is 35.9 Å². The molecule has 2 rings (SSSR count). The van der Waals surface area contributed by atoms with Crippen molar-refractivity contribution >= 4 is 45.1 Å². The molecule has 20 heavy (non-hydrogen) atoms. The Kier molecular flexibility index (Phi) is 4.59. The Balaban J connectivity index is 2.11. The highest BCUT2D eigenvalue weighted by molar-refractivity contribution is 7.95. The summed E-state index contributed by atoms with van der Waals surface area (Å²) in [5.74, 6) is 0.0927. The van der Waals surface area contributed by atoms with Gasteiger partial charge in [-0.25, -0.2) is 8.42 Å². The highest BCUT2D eigenvalue weighted by Gasteiger charge is 2.06. The van der Waals surface area contributed by atoms with Crippen molar-refractivity contribution in [3.05, 3.63) is 57.5 Å². The Morgan fingerprint density at radius 3 is 2.30 bits per heavy atom. The van der Waals surface area contributed by atoms with Gasteiger partial charge < -0.3 is 0 Å². The number of anilines is 1. The van der Waals surface area contributed by atoms with Crippen LogP contribution in [0.5, 0.6) is 0 Å². The molecule has 1 aromatic heterocycles. The predicted molar refractivity (Wildman–Crippen MR) is 80.1 cm³/mol. The van der Waals surface area contributed by atoms with Crippen molar-refractivity contribution in [1.82, 2.24) is 10.2 Å². The van der Waals surface area contributed by atoms with Gasteiger partial charge in [-0.1, -0.05) is 35.3 Å². The van der Waals surface area contributed by atoms with E-state index in [1.54, 1.807) is 24.3 Å². The van der Waals surface area contributed by atoms with E-state index in [9.17, 15) is 8.42 Å². The summed E-state index contributed by atoms with van der Waals surface area (Å²) in [6, 6.07) is 9.61. The topological polar surface area (TPSA) is 72.0 Å². The van der Waals surface area contributed by atoms with Crippen molar-refractivity contribution in [2.45, 2.75) is 0 Å². The first-order chi connectivity index (χ1) is 9.44. The van der Waals surface area contributed by atoms with E-state index in [-0.39, 0.29) is 11.0 Å². The van der Waals surface area contributed by atoms with Gasteiger partial charge in [0.05, 0.1) is 5.41 Å². The Bertz CT molecular complexity index is 713. The van der Waals surface area contributed by atoms with Crippen LogP contribution in [-0.4, -0.2) is 18.6 Å². The van der Waals surface area contributed by atoms with Crippen molar-refractivity contribution in [2.24, 2.45) is 0 Å². The zero-order valence-electron chi connectivity index (χ0n) is 9.99. The normalized spacial score (nSPS) is 11.7. The maximum Gasteiger partial charge on any atom is 0.256 e. The minimum atomic E-state index is -3.66. The molecule has 0 aliphatic heterocycles. The average molecular weight is 330 g/mol. The molecule has 0 saturated heterocycles. The molecule has 0 aliphatic carbocycles. The number of aromatic nitrogens is 2. The van der Waals surface area contributed by atoms with E-state index >= 15 is 0 Å². The highest BCUT2D eigenvalue weighted by atomic mass is 35.5. The number of halogens is 2. The summed E-state index contributed by atoms with van der Waals surface area (Å²) in [6.45, 7) is 0. The number of benzene rings is 1. The van der Waals surface area contributed by atoms with Gasteiger partial charge in [0.2, 0.25) is 0 Å². The molecular formula is C12H9Cl2N3O2S. The third kappa shape index (κ3) is 4.48. The maximum absolute atomic E-state index is 11.8. The number of hydrogen-bond donors (Lipinski definition) is 1. The number of rotatable bonds is 4. The van der Waals surface area contributed by atoms with E-state index in [4.69, 9.17) is 23.2 Å². The summed E-state index contributed by atoms with van der Waals surface area (Å²) >= 11 is 11.3. The van der Waals surface area contributed by atoms with E-state index in [1.165, 1.54) is 18.2 Å². The van der Waals surface area contributed by atoms with E-state index < -0.39 is 10.0 Å². The number of hydrogen-bond acceptors (Lipinski definition) is 4. The first kappa shape index (κ1) is 14.8. The Hall–Kier alpha value is -1.63. The molecule has 1 heterocycles. The fourth-order valence-corrected chi connectivity index (χ4v) is 2.32. The number of nitrogens with zero attached hydrogens (tertiary/aromatic N) is 2. The molecule has 8 heteroatoms. The minimum absolute atomic E-state index is 0.0927. The van der Waals surface area contributed by atoms with Gasteiger partial charge in [-0.2, -0.15) is 0 Å². The second-order valence-corrected chi connectivity index (χ2v) is 6.13. The molecule has 0 bridgehead atoms. The molecule has 0 amide bonds. The van der Waals surface area contributed by atoms with Crippen molar-refractivity contribution in [3.63, 3.8) is 0 Å². The molecule has 0 saturated carbocycles. The van der Waals surface area contributed by atoms with Crippen LogP contribution in [0.3, 0.4) is 0 Å². The zero-order valence-corrected chi connectivity index (χ0v) is 12.3. The third-order valence-corrected chi connectivity index (χ3v) is 3.63. The molecule has 104 valence electrons. The van der Waals surface area contributed by atoms with Crippen molar-refractivity contribution in [3.8, 4) is 0 Å². The fraction of sp³-hybridized carbons (Fsp3) is 0. The van der Waals surface area contributed by atoms with Crippen molar-refractivity contribution in [1.29, 1.82) is 0 Å². The van der Waals surface area contributed by atoms with Crippen molar-refractivity contribution in [2.75, 3.05) is 4.72 Å². The van der Waals surface area contributed by atoms with Gasteiger partial charge >= 0.3 is 0 Å². The lowest BCUT2D eigenvalue weighted by atomic mass is 10.2. The van der Waals surface area contributed by atoms with Crippen LogP contribution in [0.1, 0.15) is 5.56 Å². The molecule has 0 aliphatic rings. The molecule has 2 aromatic rings. The molecule has 0 spiro atoms. The van der Waals surface area contributed by atoms with Gasteiger partial charge in [-0.15, -0.1) is 10.2 Å². The van der Waals surface area contributed by atoms with Crippen LogP contribution < -0.4 is 4.72 Å². The van der Waals surface area contributed by atoms with Gasteiger partial charge in [-0.3, -0.25) is 4.72 Å². The predicted octanol–water partition coefficient (Wildman–Crippen LogP) is 3.20. The van der Waals surface area contributed by atoms with E-state index in [1.807, 2.05) is 0 Å². The van der Waals surface area contributed by atoms with Gasteiger partial charge in [0, 0.05) is 5.02 Å². The lowest BCUT2D eigenvalue weighted by molar-refractivity contribution is 0.609. The van der Waals surface area contributed by atoms with E-state index in [0.29, 0.717) is 10.6 Å². The van der Waals surface area contributed by atoms with Gasteiger partial charge in [0.1, 0.15) is 0 Å². The van der Waals surface area contributed by atoms with Crippen LogP contribution in [-0.2, 0) is 10.0 Å². The van der Waals surface area contributed by atoms with Crippen LogP contribution >= 0.6 is 23.2 Å².